The van der Waals surface area contributed by atoms with E-state index in [1.807, 2.05) is 38.1 Å². The molecule has 2 saturated heterocycles. The number of benzene rings is 1. The van der Waals surface area contributed by atoms with E-state index in [1.54, 1.807) is 17.6 Å². The highest BCUT2D eigenvalue weighted by Crippen LogP contribution is 2.37. The van der Waals surface area contributed by atoms with Crippen LogP contribution in [0.1, 0.15) is 62.9 Å². The van der Waals surface area contributed by atoms with E-state index in [-0.39, 0.29) is 47.9 Å². The van der Waals surface area contributed by atoms with Crippen molar-refractivity contribution >= 4 is 22.8 Å². The number of ether oxygens (including phenoxy) is 2. The first-order valence-corrected chi connectivity index (χ1v) is 11.2. The molecule has 1 aromatic carbocycles. The van der Waals surface area contributed by atoms with E-state index >= 15 is 0 Å². The molecule has 2 aromatic rings. The van der Waals surface area contributed by atoms with Gasteiger partial charge in [0.25, 0.3) is 5.56 Å². The number of aromatic nitrogens is 1. The largest absolute Gasteiger partial charge is 0.465 e. The molecule has 2 atom stereocenters. The lowest BCUT2D eigenvalue weighted by Gasteiger charge is -2.37. The van der Waals surface area contributed by atoms with Gasteiger partial charge in [0.05, 0.1) is 18.7 Å². The number of nitrogens with zero attached hydrogens (tertiary/aromatic N) is 2. The molecular formula is C24H30N2O5. The molecule has 0 spiro atoms. The molecule has 7 nitrogen and oxygen atoms in total. The lowest BCUT2D eigenvalue weighted by molar-refractivity contribution is -0.146. The smallest absolute Gasteiger partial charge is 0.344 e. The first-order chi connectivity index (χ1) is 14.9. The monoisotopic (exact) mass is 426 g/mol. The van der Waals surface area contributed by atoms with Crippen LogP contribution in [-0.4, -0.2) is 52.7 Å². The molecule has 166 valence electrons. The van der Waals surface area contributed by atoms with Gasteiger partial charge in [-0.05, 0) is 51.1 Å². The standard InChI is InChI=1S/C24H30N2O5/c1-4-30-22(27)14-25-17-9-10-18(25)13-19(12-17)31-24(29)20-11-16-7-5-6-8-21(16)26(15(2)3)23(20)28/h5-8,11,15,17-19H,4,9-10,12-14H2,1-3H3. The number of carbonyl (C=O) groups is 2. The van der Waals surface area contributed by atoms with Crippen molar-refractivity contribution in [2.45, 2.75) is 70.7 Å². The zero-order valence-electron chi connectivity index (χ0n) is 18.4. The minimum Gasteiger partial charge on any atom is -0.465 e. The number of hydrogen-bond acceptors (Lipinski definition) is 6. The Hall–Kier alpha value is -2.67. The molecule has 2 bridgehead atoms. The molecule has 0 radical (unpaired) electrons. The number of pyridine rings is 1. The maximum absolute atomic E-state index is 13.1. The van der Waals surface area contributed by atoms with Crippen molar-refractivity contribution in [1.29, 1.82) is 0 Å². The summed E-state index contributed by atoms with van der Waals surface area (Å²) in [6, 6.07) is 9.54. The molecule has 0 aliphatic carbocycles. The van der Waals surface area contributed by atoms with Crippen molar-refractivity contribution in [3.05, 3.63) is 46.2 Å². The second kappa shape index (κ2) is 8.83. The SMILES string of the molecule is CCOC(=O)CN1C2CCC1CC(OC(=O)c1cc3ccccc3n(C(C)C)c1=O)C2. The Balaban J connectivity index is 1.51. The fourth-order valence-electron chi connectivity index (χ4n) is 5.09. The highest BCUT2D eigenvalue weighted by Gasteiger charge is 2.43. The molecule has 1 aromatic heterocycles. The average Bonchev–Trinajstić information content (AvgIpc) is 2.95. The summed E-state index contributed by atoms with van der Waals surface area (Å²) in [4.78, 5) is 40.2. The molecule has 2 aliphatic rings. The summed E-state index contributed by atoms with van der Waals surface area (Å²) in [5.74, 6) is -0.770. The Morgan fingerprint density at radius 3 is 2.45 bits per heavy atom. The van der Waals surface area contributed by atoms with Gasteiger partial charge in [-0.2, -0.15) is 0 Å². The summed E-state index contributed by atoms with van der Waals surface area (Å²) in [5, 5.41) is 0.840. The lowest BCUT2D eigenvalue weighted by Crippen LogP contribution is -2.48. The van der Waals surface area contributed by atoms with Gasteiger partial charge in [0.1, 0.15) is 11.7 Å². The summed E-state index contributed by atoms with van der Waals surface area (Å²) in [7, 11) is 0. The topological polar surface area (TPSA) is 77.8 Å². The van der Waals surface area contributed by atoms with Crippen LogP contribution in [0.5, 0.6) is 0 Å². The van der Waals surface area contributed by atoms with Crippen LogP contribution in [0.15, 0.2) is 35.1 Å². The first kappa shape index (κ1) is 21.6. The normalized spacial score (nSPS) is 23.3. The van der Waals surface area contributed by atoms with Crippen molar-refractivity contribution in [2.24, 2.45) is 0 Å². The molecule has 0 saturated carbocycles. The van der Waals surface area contributed by atoms with Crippen LogP contribution in [0.25, 0.3) is 10.9 Å². The molecule has 2 unspecified atom stereocenters. The predicted octanol–water partition coefficient (Wildman–Crippen LogP) is 3.30. The van der Waals surface area contributed by atoms with Crippen molar-refractivity contribution in [3.8, 4) is 0 Å². The molecule has 7 heteroatoms. The second-order valence-electron chi connectivity index (χ2n) is 8.75. The fourth-order valence-corrected chi connectivity index (χ4v) is 5.09. The maximum Gasteiger partial charge on any atom is 0.344 e. The Morgan fingerprint density at radius 2 is 1.81 bits per heavy atom. The van der Waals surface area contributed by atoms with Crippen LogP contribution in [0.2, 0.25) is 0 Å². The van der Waals surface area contributed by atoms with Crippen LogP contribution < -0.4 is 5.56 Å². The van der Waals surface area contributed by atoms with Gasteiger partial charge in [-0.1, -0.05) is 18.2 Å². The lowest BCUT2D eigenvalue weighted by atomic mass is 9.99. The highest BCUT2D eigenvalue weighted by atomic mass is 16.5. The van der Waals surface area contributed by atoms with Crippen LogP contribution in [0.4, 0.5) is 0 Å². The van der Waals surface area contributed by atoms with E-state index in [1.165, 1.54) is 0 Å². The molecule has 3 heterocycles. The van der Waals surface area contributed by atoms with Crippen molar-refractivity contribution in [2.75, 3.05) is 13.2 Å². The summed E-state index contributed by atoms with van der Waals surface area (Å²) in [6.45, 7) is 6.33. The van der Waals surface area contributed by atoms with E-state index in [9.17, 15) is 14.4 Å². The van der Waals surface area contributed by atoms with Crippen LogP contribution in [0, 0.1) is 0 Å². The van der Waals surface area contributed by atoms with Gasteiger partial charge in [0, 0.05) is 31.0 Å². The zero-order valence-corrected chi connectivity index (χ0v) is 18.4. The van der Waals surface area contributed by atoms with Gasteiger partial charge in [-0.15, -0.1) is 0 Å². The highest BCUT2D eigenvalue weighted by molar-refractivity contribution is 5.94. The minimum absolute atomic E-state index is 0.0768. The average molecular weight is 427 g/mol. The summed E-state index contributed by atoms with van der Waals surface area (Å²) >= 11 is 0. The van der Waals surface area contributed by atoms with Gasteiger partial charge in [0.15, 0.2) is 0 Å². The number of fused-ring (bicyclic) bond motifs is 3. The second-order valence-corrected chi connectivity index (χ2v) is 8.75. The molecule has 2 fully saturated rings. The number of carbonyl (C=O) groups excluding carboxylic acids is 2. The molecule has 4 rings (SSSR count). The third-order valence-electron chi connectivity index (χ3n) is 6.41. The first-order valence-electron chi connectivity index (χ1n) is 11.2. The fraction of sp³-hybridized carbons (Fsp3) is 0.542. The molecule has 0 N–H and O–H groups in total. The third kappa shape index (κ3) is 4.24. The Morgan fingerprint density at radius 1 is 1.13 bits per heavy atom. The summed E-state index contributed by atoms with van der Waals surface area (Å²) in [5.41, 5.74) is 0.569. The maximum atomic E-state index is 13.1. The Labute approximate surface area is 181 Å². The molecule has 0 amide bonds. The van der Waals surface area contributed by atoms with Gasteiger partial charge in [-0.3, -0.25) is 14.5 Å². The van der Waals surface area contributed by atoms with Gasteiger partial charge < -0.3 is 14.0 Å². The quantitative estimate of drug-likeness (QED) is 0.660. The van der Waals surface area contributed by atoms with E-state index in [4.69, 9.17) is 9.47 Å². The summed E-state index contributed by atoms with van der Waals surface area (Å²) < 4.78 is 12.6. The van der Waals surface area contributed by atoms with E-state index in [0.717, 1.165) is 23.7 Å². The number of esters is 2. The van der Waals surface area contributed by atoms with Gasteiger partial charge in [0.2, 0.25) is 0 Å². The zero-order chi connectivity index (χ0) is 22.1. The van der Waals surface area contributed by atoms with Crippen LogP contribution in [0.3, 0.4) is 0 Å². The molecular weight excluding hydrogens is 396 g/mol. The van der Waals surface area contributed by atoms with Gasteiger partial charge in [-0.25, -0.2) is 4.79 Å². The van der Waals surface area contributed by atoms with Gasteiger partial charge >= 0.3 is 11.9 Å². The Bertz CT molecular complexity index is 1030. The van der Waals surface area contributed by atoms with Crippen LogP contribution >= 0.6 is 0 Å². The number of para-hydroxylation sites is 1. The number of piperidine rings is 1. The van der Waals surface area contributed by atoms with Crippen molar-refractivity contribution in [1.82, 2.24) is 9.47 Å². The van der Waals surface area contributed by atoms with E-state index in [0.29, 0.717) is 19.4 Å². The van der Waals surface area contributed by atoms with Crippen LogP contribution in [-0.2, 0) is 14.3 Å². The number of rotatable bonds is 6. The molecule has 2 aliphatic heterocycles. The number of hydrogen-bond donors (Lipinski definition) is 0. The Kier molecular flexibility index (Phi) is 6.14. The minimum atomic E-state index is -0.562. The van der Waals surface area contributed by atoms with E-state index < -0.39 is 5.97 Å². The molecule has 31 heavy (non-hydrogen) atoms. The third-order valence-corrected chi connectivity index (χ3v) is 6.41. The predicted molar refractivity (Wildman–Crippen MR) is 117 cm³/mol. The van der Waals surface area contributed by atoms with Crippen molar-refractivity contribution in [3.63, 3.8) is 0 Å². The summed E-state index contributed by atoms with van der Waals surface area (Å²) in [6.07, 6.45) is 3.06. The van der Waals surface area contributed by atoms with Crippen molar-refractivity contribution < 1.29 is 19.1 Å². The van der Waals surface area contributed by atoms with E-state index in [2.05, 4.69) is 4.90 Å².